The Morgan fingerprint density at radius 1 is 1.60 bits per heavy atom. The van der Waals surface area contributed by atoms with E-state index in [0.717, 1.165) is 12.0 Å². The zero-order valence-electron chi connectivity index (χ0n) is 8.45. The second-order valence-corrected chi connectivity index (χ2v) is 3.43. The van der Waals surface area contributed by atoms with Crippen LogP contribution in [-0.4, -0.2) is 31.2 Å². The number of phenols is 1. The summed E-state index contributed by atoms with van der Waals surface area (Å²) < 4.78 is 10.0. The molecule has 4 heteroatoms. The van der Waals surface area contributed by atoms with Crippen molar-refractivity contribution in [1.29, 1.82) is 0 Å². The van der Waals surface area contributed by atoms with E-state index in [-0.39, 0.29) is 18.1 Å². The Labute approximate surface area is 87.4 Å². The SMILES string of the molecule is COCC(=O)c1cc2c(cc1O)OCC2. The van der Waals surface area contributed by atoms with Gasteiger partial charge in [0.05, 0.1) is 12.2 Å². The van der Waals surface area contributed by atoms with E-state index >= 15 is 0 Å². The minimum absolute atomic E-state index is 0.0206. The molecule has 0 unspecified atom stereocenters. The van der Waals surface area contributed by atoms with Gasteiger partial charge in [-0.2, -0.15) is 0 Å². The fourth-order valence-electron chi connectivity index (χ4n) is 1.65. The Bertz CT molecular complexity index is 398. The first kappa shape index (κ1) is 9.98. The Balaban J connectivity index is 2.36. The topological polar surface area (TPSA) is 55.8 Å². The molecule has 80 valence electrons. The van der Waals surface area contributed by atoms with Crippen molar-refractivity contribution in [3.05, 3.63) is 23.3 Å². The fraction of sp³-hybridized carbons (Fsp3) is 0.364. The number of hydrogen-bond acceptors (Lipinski definition) is 4. The molecule has 0 fully saturated rings. The number of Topliss-reactive ketones (excluding diaryl/α,β-unsaturated/α-hetero) is 1. The van der Waals surface area contributed by atoms with Crippen molar-refractivity contribution < 1.29 is 19.4 Å². The van der Waals surface area contributed by atoms with Crippen LogP contribution < -0.4 is 4.74 Å². The third kappa shape index (κ3) is 1.80. The predicted molar refractivity (Wildman–Crippen MR) is 53.5 cm³/mol. The van der Waals surface area contributed by atoms with Crippen LogP contribution in [0.5, 0.6) is 11.5 Å². The summed E-state index contributed by atoms with van der Waals surface area (Å²) in [7, 11) is 1.45. The molecule has 0 radical (unpaired) electrons. The van der Waals surface area contributed by atoms with Crippen molar-refractivity contribution in [3.8, 4) is 11.5 Å². The quantitative estimate of drug-likeness (QED) is 0.757. The lowest BCUT2D eigenvalue weighted by atomic mass is 10.0. The van der Waals surface area contributed by atoms with Crippen LogP contribution in [-0.2, 0) is 11.2 Å². The number of carbonyl (C=O) groups excluding carboxylic acids is 1. The number of rotatable bonds is 3. The van der Waals surface area contributed by atoms with Gasteiger partial charge in [0.2, 0.25) is 0 Å². The van der Waals surface area contributed by atoms with Gasteiger partial charge in [-0.1, -0.05) is 0 Å². The van der Waals surface area contributed by atoms with Crippen molar-refractivity contribution in [2.45, 2.75) is 6.42 Å². The predicted octanol–water partition coefficient (Wildman–Crippen LogP) is 1.16. The number of methoxy groups -OCH3 is 1. The van der Waals surface area contributed by atoms with Crippen molar-refractivity contribution >= 4 is 5.78 Å². The third-order valence-corrected chi connectivity index (χ3v) is 2.38. The van der Waals surface area contributed by atoms with E-state index in [1.807, 2.05) is 0 Å². The summed E-state index contributed by atoms with van der Waals surface area (Å²) in [5.41, 5.74) is 1.27. The van der Waals surface area contributed by atoms with E-state index in [2.05, 4.69) is 0 Å². The zero-order valence-corrected chi connectivity index (χ0v) is 8.45. The van der Waals surface area contributed by atoms with Crippen molar-refractivity contribution in [3.63, 3.8) is 0 Å². The third-order valence-electron chi connectivity index (χ3n) is 2.38. The molecule has 1 aliphatic rings. The molecule has 0 amide bonds. The number of aromatic hydroxyl groups is 1. The molecule has 1 aromatic carbocycles. The molecule has 4 nitrogen and oxygen atoms in total. The zero-order chi connectivity index (χ0) is 10.8. The first-order chi connectivity index (χ1) is 7.22. The monoisotopic (exact) mass is 208 g/mol. The first-order valence-electron chi connectivity index (χ1n) is 4.73. The lowest BCUT2D eigenvalue weighted by molar-refractivity contribution is 0.0845. The Hall–Kier alpha value is -1.55. The second kappa shape index (κ2) is 3.90. The molecule has 15 heavy (non-hydrogen) atoms. The van der Waals surface area contributed by atoms with Crippen LogP contribution in [0.25, 0.3) is 0 Å². The van der Waals surface area contributed by atoms with E-state index in [4.69, 9.17) is 9.47 Å². The largest absolute Gasteiger partial charge is 0.507 e. The van der Waals surface area contributed by atoms with Gasteiger partial charge in [0.25, 0.3) is 0 Å². The Morgan fingerprint density at radius 2 is 2.40 bits per heavy atom. The molecule has 2 rings (SSSR count). The standard InChI is InChI=1S/C11H12O4/c1-14-6-10(13)8-4-7-2-3-15-11(7)5-9(8)12/h4-5,12H,2-3,6H2,1H3. The molecular formula is C11H12O4. The number of carbonyl (C=O) groups is 1. The number of hydrogen-bond donors (Lipinski definition) is 1. The van der Waals surface area contributed by atoms with E-state index in [1.54, 1.807) is 6.07 Å². The summed E-state index contributed by atoms with van der Waals surface area (Å²) >= 11 is 0. The molecule has 0 aliphatic carbocycles. The fourth-order valence-corrected chi connectivity index (χ4v) is 1.65. The average Bonchev–Trinajstić information content (AvgIpc) is 2.63. The number of phenolic OH excluding ortho intramolecular Hbond substituents is 1. The molecule has 1 aromatic rings. The van der Waals surface area contributed by atoms with E-state index in [9.17, 15) is 9.90 Å². The smallest absolute Gasteiger partial charge is 0.192 e. The van der Waals surface area contributed by atoms with Gasteiger partial charge in [-0.3, -0.25) is 4.79 Å². The van der Waals surface area contributed by atoms with Crippen LogP contribution in [0.3, 0.4) is 0 Å². The summed E-state index contributed by atoms with van der Waals surface area (Å²) in [6, 6.07) is 3.17. The number of ether oxygens (including phenoxy) is 2. The maximum Gasteiger partial charge on any atom is 0.192 e. The normalized spacial score (nSPS) is 13.4. The van der Waals surface area contributed by atoms with Gasteiger partial charge in [0, 0.05) is 19.6 Å². The molecule has 0 saturated carbocycles. The minimum atomic E-state index is -0.218. The first-order valence-corrected chi connectivity index (χ1v) is 4.73. The molecule has 1 aliphatic heterocycles. The van der Waals surface area contributed by atoms with Gasteiger partial charge >= 0.3 is 0 Å². The Morgan fingerprint density at radius 3 is 3.13 bits per heavy atom. The van der Waals surface area contributed by atoms with Crippen molar-refractivity contribution in [1.82, 2.24) is 0 Å². The van der Waals surface area contributed by atoms with Gasteiger partial charge < -0.3 is 14.6 Å². The molecule has 0 atom stereocenters. The van der Waals surface area contributed by atoms with Gasteiger partial charge in [0.1, 0.15) is 18.1 Å². The van der Waals surface area contributed by atoms with Gasteiger partial charge in [-0.25, -0.2) is 0 Å². The lowest BCUT2D eigenvalue weighted by Gasteiger charge is -2.05. The summed E-state index contributed by atoms with van der Waals surface area (Å²) in [5.74, 6) is 0.406. The van der Waals surface area contributed by atoms with Crippen molar-refractivity contribution in [2.24, 2.45) is 0 Å². The van der Waals surface area contributed by atoms with E-state index in [0.29, 0.717) is 17.9 Å². The van der Waals surface area contributed by atoms with Crippen LogP contribution in [0.2, 0.25) is 0 Å². The molecule has 0 aromatic heterocycles. The highest BCUT2D eigenvalue weighted by Gasteiger charge is 2.19. The highest BCUT2D eigenvalue weighted by atomic mass is 16.5. The number of ketones is 1. The van der Waals surface area contributed by atoms with Crippen LogP contribution in [0.15, 0.2) is 12.1 Å². The highest BCUT2D eigenvalue weighted by Crippen LogP contribution is 2.32. The number of fused-ring (bicyclic) bond motifs is 1. The molecule has 0 saturated heterocycles. The van der Waals surface area contributed by atoms with Gasteiger partial charge in [-0.15, -0.1) is 0 Å². The van der Waals surface area contributed by atoms with Gasteiger partial charge in [-0.05, 0) is 11.6 Å². The number of benzene rings is 1. The van der Waals surface area contributed by atoms with E-state index < -0.39 is 0 Å². The van der Waals surface area contributed by atoms with Crippen LogP contribution >= 0.6 is 0 Å². The lowest BCUT2D eigenvalue weighted by Crippen LogP contribution is -2.07. The van der Waals surface area contributed by atoms with Crippen LogP contribution in [0.4, 0.5) is 0 Å². The van der Waals surface area contributed by atoms with E-state index in [1.165, 1.54) is 13.2 Å². The van der Waals surface area contributed by atoms with Gasteiger partial charge in [0.15, 0.2) is 5.78 Å². The molecule has 1 N–H and O–H groups in total. The Kier molecular flexibility index (Phi) is 2.60. The van der Waals surface area contributed by atoms with Crippen LogP contribution in [0.1, 0.15) is 15.9 Å². The second-order valence-electron chi connectivity index (χ2n) is 3.43. The highest BCUT2D eigenvalue weighted by molar-refractivity contribution is 6.00. The summed E-state index contributed by atoms with van der Waals surface area (Å²) in [5, 5.41) is 9.62. The maximum absolute atomic E-state index is 11.5. The summed E-state index contributed by atoms with van der Waals surface area (Å²) in [4.78, 5) is 11.5. The maximum atomic E-state index is 11.5. The molecule has 0 spiro atoms. The molecular weight excluding hydrogens is 196 g/mol. The average molecular weight is 208 g/mol. The summed E-state index contributed by atoms with van der Waals surface area (Å²) in [6.07, 6.45) is 0.781. The molecule has 0 bridgehead atoms. The molecule has 1 heterocycles. The van der Waals surface area contributed by atoms with Crippen LogP contribution in [0, 0.1) is 0 Å². The van der Waals surface area contributed by atoms with Crippen molar-refractivity contribution in [2.75, 3.05) is 20.3 Å². The summed E-state index contributed by atoms with van der Waals surface area (Å²) in [6.45, 7) is 0.587. The minimum Gasteiger partial charge on any atom is -0.507 e.